The number of thiophene rings is 1. The van der Waals surface area contributed by atoms with Gasteiger partial charge in [0.25, 0.3) is 0 Å². The Labute approximate surface area is 110 Å². The highest BCUT2D eigenvalue weighted by atomic mass is 32.1. The maximum Gasteiger partial charge on any atom is 0.206 e. The van der Waals surface area contributed by atoms with E-state index < -0.39 is 0 Å². The van der Waals surface area contributed by atoms with Crippen molar-refractivity contribution in [1.82, 2.24) is 0 Å². The van der Waals surface area contributed by atoms with Gasteiger partial charge >= 0.3 is 0 Å². The van der Waals surface area contributed by atoms with Crippen molar-refractivity contribution in [2.45, 2.75) is 6.92 Å². The van der Waals surface area contributed by atoms with Crippen LogP contribution >= 0.6 is 11.3 Å². The van der Waals surface area contributed by atoms with E-state index in [1.165, 1.54) is 11.3 Å². The smallest absolute Gasteiger partial charge is 0.206 e. The molecule has 2 aromatic rings. The van der Waals surface area contributed by atoms with Crippen LogP contribution in [0.15, 0.2) is 29.6 Å². The van der Waals surface area contributed by atoms with E-state index in [1.54, 1.807) is 26.4 Å². The molecule has 0 atom stereocenters. The van der Waals surface area contributed by atoms with Crippen molar-refractivity contribution in [2.75, 3.05) is 14.2 Å². The molecule has 0 spiro atoms. The SMILES string of the molecule is COc1ccc(C(=O)c2sccc2OC)cc1C. The fourth-order valence-corrected chi connectivity index (χ4v) is 2.59. The third kappa shape index (κ3) is 2.24. The maximum absolute atomic E-state index is 12.3. The minimum atomic E-state index is -0.0207. The molecule has 0 fully saturated rings. The van der Waals surface area contributed by atoms with Crippen molar-refractivity contribution in [3.05, 3.63) is 45.6 Å². The second-order valence-electron chi connectivity index (χ2n) is 3.83. The van der Waals surface area contributed by atoms with Crippen molar-refractivity contribution in [2.24, 2.45) is 0 Å². The summed E-state index contributed by atoms with van der Waals surface area (Å²) in [5.74, 6) is 1.38. The van der Waals surface area contributed by atoms with Crippen molar-refractivity contribution in [1.29, 1.82) is 0 Å². The van der Waals surface area contributed by atoms with Gasteiger partial charge < -0.3 is 9.47 Å². The van der Waals surface area contributed by atoms with E-state index >= 15 is 0 Å². The van der Waals surface area contributed by atoms with Gasteiger partial charge in [0, 0.05) is 5.56 Å². The Bertz CT molecular complexity index is 572. The molecule has 0 unspecified atom stereocenters. The molecule has 18 heavy (non-hydrogen) atoms. The molecule has 0 N–H and O–H groups in total. The summed E-state index contributed by atoms with van der Waals surface area (Å²) in [7, 11) is 3.18. The highest BCUT2D eigenvalue weighted by Crippen LogP contribution is 2.28. The van der Waals surface area contributed by atoms with Crippen molar-refractivity contribution in [3.63, 3.8) is 0 Å². The van der Waals surface area contributed by atoms with Crippen LogP contribution in [0.1, 0.15) is 20.8 Å². The molecule has 2 rings (SSSR count). The second kappa shape index (κ2) is 5.23. The largest absolute Gasteiger partial charge is 0.496 e. The number of ketones is 1. The summed E-state index contributed by atoms with van der Waals surface area (Å²) in [4.78, 5) is 13.0. The van der Waals surface area contributed by atoms with Gasteiger partial charge in [-0.2, -0.15) is 0 Å². The van der Waals surface area contributed by atoms with Gasteiger partial charge in [-0.3, -0.25) is 4.79 Å². The van der Waals surface area contributed by atoms with Crippen molar-refractivity contribution in [3.8, 4) is 11.5 Å². The van der Waals surface area contributed by atoms with Crippen LogP contribution in [0.5, 0.6) is 11.5 Å². The molecule has 0 bridgehead atoms. The number of benzene rings is 1. The monoisotopic (exact) mass is 262 g/mol. The predicted octanol–water partition coefficient (Wildman–Crippen LogP) is 3.30. The van der Waals surface area contributed by atoms with Crippen LogP contribution in [-0.4, -0.2) is 20.0 Å². The number of rotatable bonds is 4. The van der Waals surface area contributed by atoms with Crippen LogP contribution in [-0.2, 0) is 0 Å². The van der Waals surface area contributed by atoms with Crippen molar-refractivity contribution >= 4 is 17.1 Å². The van der Waals surface area contributed by atoms with Gasteiger partial charge in [-0.15, -0.1) is 11.3 Å². The van der Waals surface area contributed by atoms with Gasteiger partial charge in [0.1, 0.15) is 16.4 Å². The number of methoxy groups -OCH3 is 2. The Morgan fingerprint density at radius 1 is 1.11 bits per heavy atom. The molecule has 4 heteroatoms. The summed E-state index contributed by atoms with van der Waals surface area (Å²) < 4.78 is 10.3. The molecular weight excluding hydrogens is 248 g/mol. The summed E-state index contributed by atoms with van der Waals surface area (Å²) in [6.07, 6.45) is 0. The molecule has 1 aromatic carbocycles. The van der Waals surface area contributed by atoms with Gasteiger partial charge in [-0.05, 0) is 42.1 Å². The zero-order valence-electron chi connectivity index (χ0n) is 10.5. The zero-order valence-corrected chi connectivity index (χ0v) is 11.3. The van der Waals surface area contributed by atoms with E-state index in [9.17, 15) is 4.79 Å². The second-order valence-corrected chi connectivity index (χ2v) is 4.75. The number of hydrogen-bond donors (Lipinski definition) is 0. The lowest BCUT2D eigenvalue weighted by Gasteiger charge is -2.07. The summed E-state index contributed by atoms with van der Waals surface area (Å²) in [5.41, 5.74) is 1.59. The molecule has 0 aliphatic carbocycles. The van der Waals surface area contributed by atoms with E-state index in [-0.39, 0.29) is 5.78 Å². The first-order valence-corrected chi connectivity index (χ1v) is 6.36. The summed E-state index contributed by atoms with van der Waals surface area (Å²) >= 11 is 1.39. The van der Waals surface area contributed by atoms with Gasteiger partial charge in [0.2, 0.25) is 5.78 Å². The number of aryl methyl sites for hydroxylation is 1. The molecule has 0 saturated carbocycles. The maximum atomic E-state index is 12.3. The number of hydrogen-bond acceptors (Lipinski definition) is 4. The summed E-state index contributed by atoms with van der Waals surface area (Å²) in [5, 5.41) is 1.85. The Kier molecular flexibility index (Phi) is 3.67. The fraction of sp³-hybridized carbons (Fsp3) is 0.214. The van der Waals surface area contributed by atoms with Crippen LogP contribution in [0.4, 0.5) is 0 Å². The molecule has 1 heterocycles. The minimum absolute atomic E-state index is 0.0207. The lowest BCUT2D eigenvalue weighted by Crippen LogP contribution is -2.01. The minimum Gasteiger partial charge on any atom is -0.496 e. The van der Waals surface area contributed by atoms with E-state index in [1.807, 2.05) is 24.4 Å². The van der Waals surface area contributed by atoms with Crippen LogP contribution in [0.25, 0.3) is 0 Å². The number of carbonyl (C=O) groups excluding carboxylic acids is 1. The lowest BCUT2D eigenvalue weighted by molar-refractivity contribution is 0.104. The van der Waals surface area contributed by atoms with E-state index in [2.05, 4.69) is 0 Å². The summed E-state index contributed by atoms with van der Waals surface area (Å²) in [6.45, 7) is 1.92. The molecule has 3 nitrogen and oxygen atoms in total. The molecule has 0 amide bonds. The highest BCUT2D eigenvalue weighted by molar-refractivity contribution is 7.12. The zero-order chi connectivity index (χ0) is 13.1. The molecule has 1 aromatic heterocycles. The molecule has 0 radical (unpaired) electrons. The van der Waals surface area contributed by atoms with E-state index in [0.29, 0.717) is 16.2 Å². The van der Waals surface area contributed by atoms with Crippen LogP contribution in [0.3, 0.4) is 0 Å². The van der Waals surface area contributed by atoms with Gasteiger partial charge in [-0.1, -0.05) is 0 Å². The first-order chi connectivity index (χ1) is 8.67. The number of ether oxygens (including phenoxy) is 2. The molecule has 94 valence electrons. The van der Waals surface area contributed by atoms with Gasteiger partial charge in [0.05, 0.1) is 14.2 Å². The third-order valence-electron chi connectivity index (χ3n) is 2.71. The molecule has 0 saturated heterocycles. The van der Waals surface area contributed by atoms with E-state index in [0.717, 1.165) is 11.3 Å². The van der Waals surface area contributed by atoms with Gasteiger partial charge in [0.15, 0.2) is 0 Å². The first kappa shape index (κ1) is 12.6. The normalized spacial score (nSPS) is 10.2. The molecule has 0 aliphatic rings. The van der Waals surface area contributed by atoms with E-state index in [4.69, 9.17) is 9.47 Å². The summed E-state index contributed by atoms with van der Waals surface area (Å²) in [6, 6.07) is 7.21. The quantitative estimate of drug-likeness (QED) is 0.793. The molecule has 0 aliphatic heterocycles. The average Bonchev–Trinajstić information content (AvgIpc) is 2.86. The topological polar surface area (TPSA) is 35.5 Å². The number of carbonyl (C=O) groups is 1. The lowest BCUT2D eigenvalue weighted by atomic mass is 10.1. The van der Waals surface area contributed by atoms with Crippen LogP contribution in [0, 0.1) is 6.92 Å². The highest BCUT2D eigenvalue weighted by Gasteiger charge is 2.16. The Balaban J connectivity index is 2.37. The van der Waals surface area contributed by atoms with Crippen LogP contribution in [0.2, 0.25) is 0 Å². The third-order valence-corrected chi connectivity index (χ3v) is 3.61. The predicted molar refractivity (Wildman–Crippen MR) is 72.0 cm³/mol. The molecular formula is C14H14O3S. The van der Waals surface area contributed by atoms with Crippen molar-refractivity contribution < 1.29 is 14.3 Å². The average molecular weight is 262 g/mol. The Morgan fingerprint density at radius 2 is 1.83 bits per heavy atom. The first-order valence-electron chi connectivity index (χ1n) is 5.48. The fourth-order valence-electron chi connectivity index (χ4n) is 1.77. The van der Waals surface area contributed by atoms with Gasteiger partial charge in [-0.25, -0.2) is 0 Å². The Hall–Kier alpha value is -1.81. The van der Waals surface area contributed by atoms with Crippen LogP contribution < -0.4 is 9.47 Å². The Morgan fingerprint density at radius 3 is 2.44 bits per heavy atom. The standard InChI is InChI=1S/C14H14O3S/c1-9-8-10(4-5-11(9)16-2)13(15)14-12(17-3)6-7-18-14/h4-8H,1-3H3.